The number of carbonyl (C=O) groups excluding carboxylic acids is 3. The molecular formula is C24H28F2N6O3. The average molecular weight is 487 g/mol. The van der Waals surface area contributed by atoms with Crippen LogP contribution in [0.2, 0.25) is 0 Å². The number of aromatic nitrogens is 2. The van der Waals surface area contributed by atoms with Crippen LogP contribution in [0.5, 0.6) is 0 Å². The zero-order valence-electron chi connectivity index (χ0n) is 19.8. The number of rotatable bonds is 6. The molecule has 186 valence electrons. The Labute approximate surface area is 201 Å². The number of benzene rings is 1. The summed E-state index contributed by atoms with van der Waals surface area (Å²) in [6.07, 6.45) is 4.90. The SMILES string of the molecule is CC1CCC(C)N1C(=O)c1ccc([C@@H](C)NC(=O)C2(NC(=O)c3cnc(N)nc3)CC2)c(F)c1F. The minimum atomic E-state index is -1.24. The Morgan fingerprint density at radius 3 is 2.26 bits per heavy atom. The average Bonchev–Trinajstić information content (AvgIpc) is 3.52. The summed E-state index contributed by atoms with van der Waals surface area (Å²) in [5.74, 6) is -4.02. The largest absolute Gasteiger partial charge is 0.368 e. The fourth-order valence-corrected chi connectivity index (χ4v) is 4.49. The molecule has 11 heteroatoms. The molecule has 2 fully saturated rings. The highest BCUT2D eigenvalue weighted by molar-refractivity contribution is 6.00. The predicted molar refractivity (Wildman–Crippen MR) is 123 cm³/mol. The first-order valence-corrected chi connectivity index (χ1v) is 11.6. The molecular weight excluding hydrogens is 458 g/mol. The molecule has 0 bridgehead atoms. The van der Waals surface area contributed by atoms with Crippen molar-refractivity contribution in [1.29, 1.82) is 0 Å². The highest BCUT2D eigenvalue weighted by Crippen LogP contribution is 2.37. The highest BCUT2D eigenvalue weighted by atomic mass is 19.2. The third kappa shape index (κ3) is 4.67. The molecule has 1 aromatic heterocycles. The number of carbonyl (C=O) groups is 3. The van der Waals surface area contributed by atoms with E-state index in [0.29, 0.717) is 12.8 Å². The van der Waals surface area contributed by atoms with Crippen LogP contribution in [0.3, 0.4) is 0 Å². The first-order chi connectivity index (χ1) is 16.5. The third-order valence-electron chi connectivity index (χ3n) is 6.81. The number of likely N-dealkylation sites (tertiary alicyclic amines) is 1. The molecule has 9 nitrogen and oxygen atoms in total. The Balaban J connectivity index is 1.46. The number of hydrogen-bond donors (Lipinski definition) is 3. The Morgan fingerprint density at radius 2 is 1.69 bits per heavy atom. The van der Waals surface area contributed by atoms with Gasteiger partial charge in [0.1, 0.15) is 5.54 Å². The molecule has 1 saturated heterocycles. The molecule has 3 amide bonds. The van der Waals surface area contributed by atoms with E-state index in [1.54, 1.807) is 4.90 Å². The van der Waals surface area contributed by atoms with Crippen LogP contribution >= 0.6 is 0 Å². The molecule has 1 aliphatic heterocycles. The molecule has 4 rings (SSSR count). The van der Waals surface area contributed by atoms with Crippen LogP contribution in [-0.2, 0) is 4.79 Å². The van der Waals surface area contributed by atoms with Crippen molar-refractivity contribution in [3.63, 3.8) is 0 Å². The maximum atomic E-state index is 15.0. The normalized spacial score (nSPS) is 21.3. The fourth-order valence-electron chi connectivity index (χ4n) is 4.49. The number of nitrogens with two attached hydrogens (primary N) is 1. The van der Waals surface area contributed by atoms with Crippen molar-refractivity contribution in [2.45, 2.75) is 70.1 Å². The third-order valence-corrected chi connectivity index (χ3v) is 6.81. The van der Waals surface area contributed by atoms with Gasteiger partial charge >= 0.3 is 0 Å². The molecule has 4 N–H and O–H groups in total. The lowest BCUT2D eigenvalue weighted by atomic mass is 10.0. The van der Waals surface area contributed by atoms with Crippen LogP contribution in [0.15, 0.2) is 24.5 Å². The van der Waals surface area contributed by atoms with E-state index in [1.807, 2.05) is 13.8 Å². The van der Waals surface area contributed by atoms with Crippen molar-refractivity contribution in [2.24, 2.45) is 0 Å². The van der Waals surface area contributed by atoms with Gasteiger partial charge in [0.25, 0.3) is 11.8 Å². The first-order valence-electron chi connectivity index (χ1n) is 11.6. The lowest BCUT2D eigenvalue weighted by molar-refractivity contribution is -0.124. The van der Waals surface area contributed by atoms with Gasteiger partial charge in [-0.2, -0.15) is 0 Å². The minimum Gasteiger partial charge on any atom is -0.368 e. The number of hydrogen-bond acceptors (Lipinski definition) is 6. The van der Waals surface area contributed by atoms with Gasteiger partial charge in [-0.3, -0.25) is 14.4 Å². The van der Waals surface area contributed by atoms with Gasteiger partial charge < -0.3 is 21.3 Å². The molecule has 1 saturated carbocycles. The lowest BCUT2D eigenvalue weighted by Gasteiger charge is -2.27. The van der Waals surface area contributed by atoms with E-state index in [9.17, 15) is 23.2 Å². The van der Waals surface area contributed by atoms with Crippen LogP contribution in [0.25, 0.3) is 0 Å². The Hall–Kier alpha value is -3.63. The summed E-state index contributed by atoms with van der Waals surface area (Å²) in [4.78, 5) is 47.3. The quantitative estimate of drug-likeness (QED) is 0.575. The van der Waals surface area contributed by atoms with Crippen molar-refractivity contribution in [1.82, 2.24) is 25.5 Å². The standard InChI is InChI=1S/C24H28F2N6O3/c1-12-4-5-13(2)32(12)21(34)17-7-6-16(18(25)19(17)26)14(3)30-22(35)24(8-9-24)31-20(33)15-10-28-23(27)29-11-15/h6-7,10-14H,4-5,8-9H2,1-3H3,(H,30,35)(H,31,33)(H2,27,28,29)/t12?,13?,14-/m1/s1. The summed E-state index contributed by atoms with van der Waals surface area (Å²) >= 11 is 0. The van der Waals surface area contributed by atoms with Crippen molar-refractivity contribution >= 4 is 23.7 Å². The van der Waals surface area contributed by atoms with Gasteiger partial charge in [-0.25, -0.2) is 18.7 Å². The molecule has 0 spiro atoms. The van der Waals surface area contributed by atoms with Gasteiger partial charge in [0.2, 0.25) is 11.9 Å². The van der Waals surface area contributed by atoms with E-state index in [-0.39, 0.29) is 34.7 Å². The summed E-state index contributed by atoms with van der Waals surface area (Å²) in [5.41, 5.74) is 3.98. The number of anilines is 1. The molecule has 2 unspecified atom stereocenters. The highest BCUT2D eigenvalue weighted by Gasteiger charge is 2.51. The van der Waals surface area contributed by atoms with E-state index in [1.165, 1.54) is 31.5 Å². The van der Waals surface area contributed by atoms with Gasteiger partial charge in [0.05, 0.1) is 17.2 Å². The van der Waals surface area contributed by atoms with Gasteiger partial charge in [-0.1, -0.05) is 6.07 Å². The number of nitrogens with zero attached hydrogens (tertiary/aromatic N) is 3. The Morgan fingerprint density at radius 1 is 1.09 bits per heavy atom. The Bertz CT molecular complexity index is 1160. The smallest absolute Gasteiger partial charge is 0.257 e. The second-order valence-electron chi connectivity index (χ2n) is 9.38. The minimum absolute atomic E-state index is 0.0145. The molecule has 1 aliphatic carbocycles. The van der Waals surface area contributed by atoms with Gasteiger partial charge in [0.15, 0.2) is 11.6 Å². The van der Waals surface area contributed by atoms with Crippen molar-refractivity contribution in [3.8, 4) is 0 Å². The summed E-state index contributed by atoms with van der Waals surface area (Å²) < 4.78 is 29.9. The molecule has 3 atom stereocenters. The zero-order valence-corrected chi connectivity index (χ0v) is 19.8. The molecule has 2 aliphatic rings. The van der Waals surface area contributed by atoms with Crippen LogP contribution in [0.1, 0.15) is 78.8 Å². The zero-order chi connectivity index (χ0) is 25.5. The summed E-state index contributed by atoms with van der Waals surface area (Å²) in [5, 5.41) is 5.30. The maximum absolute atomic E-state index is 15.0. The van der Waals surface area contributed by atoms with E-state index in [0.717, 1.165) is 12.8 Å². The second kappa shape index (κ2) is 9.20. The summed E-state index contributed by atoms with van der Waals surface area (Å²) in [7, 11) is 0. The fraction of sp³-hybridized carbons (Fsp3) is 0.458. The van der Waals surface area contributed by atoms with E-state index in [4.69, 9.17) is 5.73 Å². The Kier molecular flexibility index (Phi) is 6.44. The summed E-state index contributed by atoms with van der Waals surface area (Å²) in [6.45, 7) is 5.27. The van der Waals surface area contributed by atoms with Crippen molar-refractivity contribution in [3.05, 3.63) is 52.9 Å². The van der Waals surface area contributed by atoms with Crippen LogP contribution < -0.4 is 16.4 Å². The first kappa shape index (κ1) is 24.5. The monoisotopic (exact) mass is 486 g/mol. The second-order valence-corrected chi connectivity index (χ2v) is 9.38. The topological polar surface area (TPSA) is 130 Å². The number of nitrogen functional groups attached to an aromatic ring is 1. The van der Waals surface area contributed by atoms with Crippen LogP contribution in [0.4, 0.5) is 14.7 Å². The number of amides is 3. The van der Waals surface area contributed by atoms with E-state index >= 15 is 0 Å². The number of halogens is 2. The van der Waals surface area contributed by atoms with Crippen molar-refractivity contribution in [2.75, 3.05) is 5.73 Å². The molecule has 35 heavy (non-hydrogen) atoms. The molecule has 2 aromatic rings. The molecule has 1 aromatic carbocycles. The van der Waals surface area contributed by atoms with Gasteiger partial charge in [-0.15, -0.1) is 0 Å². The summed E-state index contributed by atoms with van der Waals surface area (Å²) in [6, 6.07) is 1.56. The van der Waals surface area contributed by atoms with Crippen LogP contribution in [0, 0.1) is 11.6 Å². The number of nitrogens with one attached hydrogen (secondary N) is 2. The van der Waals surface area contributed by atoms with E-state index in [2.05, 4.69) is 20.6 Å². The maximum Gasteiger partial charge on any atom is 0.257 e. The lowest BCUT2D eigenvalue weighted by Crippen LogP contribution is -2.49. The van der Waals surface area contributed by atoms with E-state index < -0.39 is 40.9 Å². The predicted octanol–water partition coefficient (Wildman–Crippen LogP) is 2.49. The molecule has 2 heterocycles. The van der Waals surface area contributed by atoms with Gasteiger partial charge in [-0.05, 0) is 52.5 Å². The van der Waals surface area contributed by atoms with Crippen LogP contribution in [-0.4, -0.2) is 50.2 Å². The van der Waals surface area contributed by atoms with Crippen molar-refractivity contribution < 1.29 is 23.2 Å². The van der Waals surface area contributed by atoms with Gasteiger partial charge in [0, 0.05) is 30.0 Å². The molecule has 0 radical (unpaired) electrons.